The van der Waals surface area contributed by atoms with E-state index in [2.05, 4.69) is 10.5 Å². The number of hydrazone groups is 1. The number of carbonyl (C=O) groups is 1. The zero-order chi connectivity index (χ0) is 17.6. The normalized spacial score (nSPS) is 11.8. The second-order valence-electron chi connectivity index (χ2n) is 4.92. The molecule has 1 amide bonds. The molecule has 2 aromatic rings. The van der Waals surface area contributed by atoms with Crippen molar-refractivity contribution < 1.29 is 13.2 Å². The molecule has 1 N–H and O–H groups in total. The summed E-state index contributed by atoms with van der Waals surface area (Å²) >= 11 is 5.77. The number of halogens is 1. The van der Waals surface area contributed by atoms with Crippen molar-refractivity contribution in [1.29, 1.82) is 0 Å². The Bertz CT molecular complexity index is 821. The minimum Gasteiger partial charge on any atom is -0.272 e. The van der Waals surface area contributed by atoms with Gasteiger partial charge in [0.15, 0.2) is 0 Å². The standard InChI is InChI=1S/C16H16ClN3O3S/c1-20(24(22,23)15-5-3-2-4-6-15)12-16(21)19-18-11-13-7-9-14(17)10-8-13/h2-11H,12H2,1H3,(H,19,21)/b18-11-. The van der Waals surface area contributed by atoms with Gasteiger partial charge in [-0.05, 0) is 29.8 Å². The molecule has 8 heteroatoms. The summed E-state index contributed by atoms with van der Waals surface area (Å²) in [5.41, 5.74) is 3.05. The SMILES string of the molecule is CN(CC(=O)N/N=C\c1ccc(Cl)cc1)S(=O)(=O)c1ccccc1. The van der Waals surface area contributed by atoms with Crippen molar-refractivity contribution in [2.24, 2.45) is 5.10 Å². The highest BCUT2D eigenvalue weighted by atomic mass is 35.5. The van der Waals surface area contributed by atoms with Crippen molar-refractivity contribution in [2.75, 3.05) is 13.6 Å². The molecule has 0 saturated heterocycles. The van der Waals surface area contributed by atoms with Gasteiger partial charge in [-0.2, -0.15) is 9.41 Å². The Hall–Kier alpha value is -2.22. The summed E-state index contributed by atoms with van der Waals surface area (Å²) in [6, 6.07) is 14.8. The Balaban J connectivity index is 1.93. The minimum atomic E-state index is -3.71. The fourth-order valence-electron chi connectivity index (χ4n) is 1.82. The summed E-state index contributed by atoms with van der Waals surface area (Å²) in [5, 5.41) is 4.39. The fraction of sp³-hybridized carbons (Fsp3) is 0.125. The molecule has 0 unspecified atom stereocenters. The minimum absolute atomic E-state index is 0.130. The van der Waals surface area contributed by atoms with Crippen LogP contribution in [0.2, 0.25) is 5.02 Å². The number of sulfonamides is 1. The molecular formula is C16H16ClN3O3S. The predicted molar refractivity (Wildman–Crippen MR) is 93.4 cm³/mol. The smallest absolute Gasteiger partial charge is 0.255 e. The van der Waals surface area contributed by atoms with Gasteiger partial charge < -0.3 is 0 Å². The number of nitrogens with one attached hydrogen (secondary N) is 1. The molecule has 0 fully saturated rings. The van der Waals surface area contributed by atoms with Crippen LogP contribution in [-0.2, 0) is 14.8 Å². The summed E-state index contributed by atoms with van der Waals surface area (Å²) in [6.45, 7) is -0.338. The van der Waals surface area contributed by atoms with E-state index in [0.29, 0.717) is 5.02 Å². The van der Waals surface area contributed by atoms with Crippen molar-refractivity contribution >= 4 is 33.7 Å². The number of amides is 1. The lowest BCUT2D eigenvalue weighted by atomic mass is 10.2. The van der Waals surface area contributed by atoms with Crippen molar-refractivity contribution in [3.63, 3.8) is 0 Å². The lowest BCUT2D eigenvalue weighted by molar-refractivity contribution is -0.121. The Morgan fingerprint density at radius 3 is 2.42 bits per heavy atom. The number of rotatable bonds is 6. The highest BCUT2D eigenvalue weighted by molar-refractivity contribution is 7.89. The quantitative estimate of drug-likeness (QED) is 0.629. The third kappa shape index (κ3) is 4.89. The zero-order valence-electron chi connectivity index (χ0n) is 12.9. The molecular weight excluding hydrogens is 350 g/mol. The van der Waals surface area contributed by atoms with E-state index in [1.807, 2.05) is 0 Å². The molecule has 24 heavy (non-hydrogen) atoms. The van der Waals surface area contributed by atoms with Gasteiger partial charge in [-0.25, -0.2) is 13.8 Å². The molecule has 6 nitrogen and oxygen atoms in total. The maximum Gasteiger partial charge on any atom is 0.255 e. The van der Waals surface area contributed by atoms with Crippen molar-refractivity contribution in [3.8, 4) is 0 Å². The molecule has 0 bridgehead atoms. The van der Waals surface area contributed by atoms with E-state index >= 15 is 0 Å². The van der Waals surface area contributed by atoms with E-state index in [4.69, 9.17) is 11.6 Å². The molecule has 0 heterocycles. The average molecular weight is 366 g/mol. The first kappa shape index (κ1) is 18.1. The molecule has 2 aromatic carbocycles. The van der Waals surface area contributed by atoms with E-state index in [0.717, 1.165) is 9.87 Å². The molecule has 0 aliphatic carbocycles. The fourth-order valence-corrected chi connectivity index (χ4v) is 3.10. The van der Waals surface area contributed by atoms with Gasteiger partial charge in [0.05, 0.1) is 17.7 Å². The number of hydrogen-bond acceptors (Lipinski definition) is 4. The van der Waals surface area contributed by atoms with Crippen LogP contribution in [-0.4, -0.2) is 38.4 Å². The summed E-state index contributed by atoms with van der Waals surface area (Å²) in [7, 11) is -2.37. The average Bonchev–Trinajstić information content (AvgIpc) is 2.57. The van der Waals surface area contributed by atoms with Crippen LogP contribution in [0.3, 0.4) is 0 Å². The lowest BCUT2D eigenvalue weighted by Crippen LogP contribution is -2.36. The highest BCUT2D eigenvalue weighted by Crippen LogP contribution is 2.12. The summed E-state index contributed by atoms with van der Waals surface area (Å²) in [4.78, 5) is 12.0. The molecule has 0 aliphatic heterocycles. The largest absolute Gasteiger partial charge is 0.272 e. The summed E-state index contributed by atoms with van der Waals surface area (Å²) < 4.78 is 25.5. The summed E-state index contributed by atoms with van der Waals surface area (Å²) in [6.07, 6.45) is 1.44. The number of hydrogen-bond donors (Lipinski definition) is 1. The van der Waals surface area contributed by atoms with E-state index in [1.165, 1.54) is 25.4 Å². The van der Waals surface area contributed by atoms with Crippen LogP contribution in [0.1, 0.15) is 5.56 Å². The molecule has 126 valence electrons. The second kappa shape index (κ2) is 8.05. The number of likely N-dealkylation sites (N-methyl/N-ethyl adjacent to an activating group) is 1. The molecule has 0 aromatic heterocycles. The first-order valence-electron chi connectivity index (χ1n) is 6.98. The van der Waals surface area contributed by atoms with E-state index in [9.17, 15) is 13.2 Å². The van der Waals surface area contributed by atoms with Gasteiger partial charge in [0.2, 0.25) is 10.0 Å². The van der Waals surface area contributed by atoms with Gasteiger partial charge in [0.1, 0.15) is 0 Å². The van der Waals surface area contributed by atoms with Crippen LogP contribution < -0.4 is 5.43 Å². The number of carbonyl (C=O) groups excluding carboxylic acids is 1. The molecule has 0 radical (unpaired) electrons. The predicted octanol–water partition coefficient (Wildman–Crippen LogP) is 2.11. The van der Waals surface area contributed by atoms with Crippen LogP contribution in [0.25, 0.3) is 0 Å². The highest BCUT2D eigenvalue weighted by Gasteiger charge is 2.22. The van der Waals surface area contributed by atoms with Gasteiger partial charge in [-0.1, -0.05) is 41.9 Å². The van der Waals surface area contributed by atoms with Gasteiger partial charge in [-0.15, -0.1) is 0 Å². The maximum atomic E-state index is 12.3. The molecule has 0 atom stereocenters. The van der Waals surface area contributed by atoms with E-state index < -0.39 is 15.9 Å². The van der Waals surface area contributed by atoms with Crippen molar-refractivity contribution in [1.82, 2.24) is 9.73 Å². The van der Waals surface area contributed by atoms with Crippen LogP contribution in [0, 0.1) is 0 Å². The second-order valence-corrected chi connectivity index (χ2v) is 7.40. The maximum absolute atomic E-state index is 12.3. The third-order valence-corrected chi connectivity index (χ3v) is 5.16. The lowest BCUT2D eigenvalue weighted by Gasteiger charge is -2.15. The topological polar surface area (TPSA) is 78.8 Å². The number of nitrogens with zero attached hydrogens (tertiary/aromatic N) is 2. The van der Waals surface area contributed by atoms with Crippen molar-refractivity contribution in [2.45, 2.75) is 4.90 Å². The molecule has 0 spiro atoms. The van der Waals surface area contributed by atoms with Crippen LogP contribution in [0.15, 0.2) is 64.6 Å². The first-order valence-corrected chi connectivity index (χ1v) is 8.80. The molecule has 2 rings (SSSR count). The monoisotopic (exact) mass is 365 g/mol. The van der Waals surface area contributed by atoms with E-state index in [-0.39, 0.29) is 11.4 Å². The zero-order valence-corrected chi connectivity index (χ0v) is 14.5. The first-order chi connectivity index (χ1) is 11.4. The van der Waals surface area contributed by atoms with Gasteiger partial charge in [0, 0.05) is 12.1 Å². The molecule has 0 aliphatic rings. The Labute approximate surface area is 145 Å². The van der Waals surface area contributed by atoms with Gasteiger partial charge >= 0.3 is 0 Å². The third-order valence-electron chi connectivity index (χ3n) is 3.09. The van der Waals surface area contributed by atoms with Crippen molar-refractivity contribution in [3.05, 3.63) is 65.2 Å². The van der Waals surface area contributed by atoms with Crippen LogP contribution in [0.5, 0.6) is 0 Å². The van der Waals surface area contributed by atoms with Crippen LogP contribution >= 0.6 is 11.6 Å². The Morgan fingerprint density at radius 2 is 1.79 bits per heavy atom. The van der Waals surface area contributed by atoms with Crippen LogP contribution in [0.4, 0.5) is 0 Å². The number of benzene rings is 2. The van der Waals surface area contributed by atoms with E-state index in [1.54, 1.807) is 42.5 Å². The Morgan fingerprint density at radius 1 is 1.17 bits per heavy atom. The Kier molecular flexibility index (Phi) is 6.08. The molecule has 0 saturated carbocycles. The van der Waals surface area contributed by atoms with Gasteiger partial charge in [-0.3, -0.25) is 4.79 Å². The van der Waals surface area contributed by atoms with Gasteiger partial charge in [0.25, 0.3) is 5.91 Å². The summed E-state index contributed by atoms with van der Waals surface area (Å²) in [5.74, 6) is -0.540.